The SMILES string of the molecule is COc1cc([C@@H]2/C(=C(\O)c3cnn(-c4ccccc4)c3C)C(=O)C(=O)N2CCN(C)C)cc(OC)c1OC. The number of nitrogens with zero attached hydrogens (tertiary/aromatic N) is 4. The lowest BCUT2D eigenvalue weighted by atomic mass is 9.94. The molecule has 10 nitrogen and oxygen atoms in total. The van der Waals surface area contributed by atoms with Crippen LogP contribution in [0.3, 0.4) is 0 Å². The van der Waals surface area contributed by atoms with E-state index in [1.807, 2.05) is 49.3 Å². The van der Waals surface area contributed by atoms with Gasteiger partial charge in [0.1, 0.15) is 5.76 Å². The number of carbonyl (C=O) groups is 2. The molecule has 0 radical (unpaired) electrons. The van der Waals surface area contributed by atoms with Crippen molar-refractivity contribution in [3.63, 3.8) is 0 Å². The zero-order valence-corrected chi connectivity index (χ0v) is 22.4. The molecular formula is C28H32N4O6. The molecule has 0 unspecified atom stereocenters. The van der Waals surface area contributed by atoms with Crippen LogP contribution in [-0.2, 0) is 9.59 Å². The molecule has 0 aliphatic carbocycles. The summed E-state index contributed by atoms with van der Waals surface area (Å²) in [5.41, 5.74) is 2.29. The van der Waals surface area contributed by atoms with Crippen molar-refractivity contribution < 1.29 is 28.9 Å². The molecule has 1 N–H and O–H groups in total. The van der Waals surface area contributed by atoms with Gasteiger partial charge in [-0.25, -0.2) is 4.68 Å². The third-order valence-electron chi connectivity index (χ3n) is 6.60. The summed E-state index contributed by atoms with van der Waals surface area (Å²) < 4.78 is 18.2. The molecule has 38 heavy (non-hydrogen) atoms. The number of rotatable bonds is 9. The Hall–Kier alpha value is -4.31. The molecule has 2 heterocycles. The predicted octanol–water partition coefficient (Wildman–Crippen LogP) is 3.19. The minimum Gasteiger partial charge on any atom is -0.507 e. The molecule has 1 aliphatic rings. The summed E-state index contributed by atoms with van der Waals surface area (Å²) in [4.78, 5) is 30.1. The van der Waals surface area contributed by atoms with Crippen LogP contribution >= 0.6 is 0 Å². The Balaban J connectivity index is 1.92. The van der Waals surface area contributed by atoms with Crippen LogP contribution in [0, 0.1) is 6.92 Å². The van der Waals surface area contributed by atoms with Gasteiger partial charge in [0.2, 0.25) is 5.75 Å². The summed E-state index contributed by atoms with van der Waals surface area (Å²) in [6, 6.07) is 11.9. The quantitative estimate of drug-likeness (QED) is 0.261. The number of likely N-dealkylation sites (N-methyl/N-ethyl adjacent to an activating group) is 1. The summed E-state index contributed by atoms with van der Waals surface area (Å²) in [6.45, 7) is 2.57. The lowest BCUT2D eigenvalue weighted by molar-refractivity contribution is -0.140. The molecule has 1 amide bonds. The van der Waals surface area contributed by atoms with Crippen LogP contribution in [0.5, 0.6) is 17.2 Å². The highest BCUT2D eigenvalue weighted by molar-refractivity contribution is 6.46. The first-order chi connectivity index (χ1) is 18.2. The predicted molar refractivity (Wildman–Crippen MR) is 142 cm³/mol. The van der Waals surface area contributed by atoms with Crippen LogP contribution < -0.4 is 14.2 Å². The molecule has 10 heteroatoms. The fraction of sp³-hybridized carbons (Fsp3) is 0.321. The summed E-state index contributed by atoms with van der Waals surface area (Å²) in [7, 11) is 8.24. The van der Waals surface area contributed by atoms with Gasteiger partial charge >= 0.3 is 0 Å². The number of methoxy groups -OCH3 is 3. The Morgan fingerprint density at radius 3 is 2.21 bits per heavy atom. The molecule has 1 atom stereocenters. The van der Waals surface area contributed by atoms with Gasteiger partial charge in [-0.15, -0.1) is 0 Å². The van der Waals surface area contributed by atoms with Gasteiger partial charge < -0.3 is 29.1 Å². The van der Waals surface area contributed by atoms with E-state index in [4.69, 9.17) is 14.2 Å². The highest BCUT2D eigenvalue weighted by Crippen LogP contribution is 2.45. The molecule has 1 fully saturated rings. The average Bonchev–Trinajstić information content (AvgIpc) is 3.43. The van der Waals surface area contributed by atoms with E-state index in [0.29, 0.717) is 40.6 Å². The van der Waals surface area contributed by atoms with E-state index >= 15 is 0 Å². The Kier molecular flexibility index (Phi) is 7.72. The zero-order chi connectivity index (χ0) is 27.6. The van der Waals surface area contributed by atoms with Crippen LogP contribution in [0.2, 0.25) is 0 Å². The van der Waals surface area contributed by atoms with Gasteiger partial charge in [-0.1, -0.05) is 18.2 Å². The molecule has 1 saturated heterocycles. The van der Waals surface area contributed by atoms with E-state index in [9.17, 15) is 14.7 Å². The molecule has 3 aromatic rings. The summed E-state index contributed by atoms with van der Waals surface area (Å²) >= 11 is 0. The van der Waals surface area contributed by atoms with Gasteiger partial charge in [-0.2, -0.15) is 5.10 Å². The van der Waals surface area contributed by atoms with Crippen molar-refractivity contribution in [2.24, 2.45) is 0 Å². The molecular weight excluding hydrogens is 488 g/mol. The monoisotopic (exact) mass is 520 g/mol. The highest BCUT2D eigenvalue weighted by atomic mass is 16.5. The molecule has 1 aliphatic heterocycles. The van der Waals surface area contributed by atoms with Crippen LogP contribution in [0.4, 0.5) is 0 Å². The Morgan fingerprint density at radius 1 is 1.03 bits per heavy atom. The number of ketones is 1. The molecule has 200 valence electrons. The number of amides is 1. The number of aromatic nitrogens is 2. The molecule has 1 aromatic heterocycles. The minimum atomic E-state index is -0.886. The first-order valence-corrected chi connectivity index (χ1v) is 12.1. The first kappa shape index (κ1) is 26.7. The number of benzene rings is 2. The number of para-hydroxylation sites is 1. The summed E-state index contributed by atoms with van der Waals surface area (Å²) in [6.07, 6.45) is 1.50. The topological polar surface area (TPSA) is 106 Å². The van der Waals surface area contributed by atoms with Gasteiger partial charge in [0, 0.05) is 13.1 Å². The van der Waals surface area contributed by atoms with Crippen LogP contribution in [0.1, 0.15) is 22.9 Å². The van der Waals surface area contributed by atoms with Crippen molar-refractivity contribution >= 4 is 17.4 Å². The Bertz CT molecular complexity index is 1350. The Labute approximate surface area is 221 Å². The number of carbonyl (C=O) groups excluding carboxylic acids is 2. The number of hydrogen-bond donors (Lipinski definition) is 1. The van der Waals surface area contributed by atoms with Gasteiger partial charge in [-0.05, 0) is 50.8 Å². The van der Waals surface area contributed by atoms with Crippen LogP contribution in [-0.4, -0.2) is 84.9 Å². The van der Waals surface area contributed by atoms with Crippen molar-refractivity contribution in [2.75, 3.05) is 48.5 Å². The minimum absolute atomic E-state index is 0.0289. The number of Topliss-reactive ketones (excluding diaryl/α,β-unsaturated/α-hetero) is 1. The lowest BCUT2D eigenvalue weighted by Crippen LogP contribution is -2.35. The third kappa shape index (κ3) is 4.70. The fourth-order valence-electron chi connectivity index (χ4n) is 4.64. The molecule has 4 rings (SSSR count). The van der Waals surface area contributed by atoms with Crippen molar-refractivity contribution in [3.8, 4) is 22.9 Å². The maximum Gasteiger partial charge on any atom is 0.295 e. The standard InChI is InChI=1S/C28H32N4O6/c1-17-20(16-29-32(17)19-10-8-7-9-11-19)25(33)23-24(31(13-12-30(2)3)28(35)26(23)34)18-14-21(36-4)27(38-6)22(15-18)37-5/h7-11,14-16,24,33H,12-13H2,1-6H3/b25-23+/t24-/m1/s1. The number of ether oxygens (including phenoxy) is 3. The summed E-state index contributed by atoms with van der Waals surface area (Å²) in [5.74, 6) is -0.647. The number of aliphatic hydroxyl groups excluding tert-OH is 1. The lowest BCUT2D eigenvalue weighted by Gasteiger charge is -2.27. The van der Waals surface area contributed by atoms with E-state index < -0.39 is 17.7 Å². The van der Waals surface area contributed by atoms with Gasteiger partial charge in [0.25, 0.3) is 11.7 Å². The highest BCUT2D eigenvalue weighted by Gasteiger charge is 2.46. The largest absolute Gasteiger partial charge is 0.507 e. The van der Waals surface area contributed by atoms with E-state index in [0.717, 1.165) is 5.69 Å². The van der Waals surface area contributed by atoms with Crippen molar-refractivity contribution in [1.29, 1.82) is 0 Å². The third-order valence-corrected chi connectivity index (χ3v) is 6.60. The summed E-state index contributed by atoms with van der Waals surface area (Å²) in [5, 5.41) is 16.0. The van der Waals surface area contributed by atoms with Crippen molar-refractivity contribution in [1.82, 2.24) is 19.6 Å². The fourth-order valence-corrected chi connectivity index (χ4v) is 4.64. The smallest absolute Gasteiger partial charge is 0.295 e. The van der Waals surface area contributed by atoms with E-state index in [2.05, 4.69) is 5.10 Å². The van der Waals surface area contributed by atoms with E-state index in [1.54, 1.807) is 23.7 Å². The van der Waals surface area contributed by atoms with Crippen molar-refractivity contribution in [2.45, 2.75) is 13.0 Å². The maximum atomic E-state index is 13.4. The first-order valence-electron chi connectivity index (χ1n) is 12.1. The second kappa shape index (κ2) is 11.0. The van der Waals surface area contributed by atoms with E-state index in [-0.39, 0.29) is 17.9 Å². The number of likely N-dealkylation sites (tertiary alicyclic amines) is 1. The van der Waals surface area contributed by atoms with Gasteiger partial charge in [0.15, 0.2) is 11.5 Å². The van der Waals surface area contributed by atoms with E-state index in [1.165, 1.54) is 32.4 Å². The number of hydrogen-bond acceptors (Lipinski definition) is 8. The van der Waals surface area contributed by atoms with Crippen LogP contribution in [0.25, 0.3) is 11.4 Å². The van der Waals surface area contributed by atoms with Crippen molar-refractivity contribution in [3.05, 3.63) is 71.1 Å². The second-order valence-electron chi connectivity index (χ2n) is 9.15. The number of aliphatic hydroxyl groups is 1. The Morgan fingerprint density at radius 2 is 1.66 bits per heavy atom. The molecule has 0 spiro atoms. The molecule has 0 bridgehead atoms. The second-order valence-corrected chi connectivity index (χ2v) is 9.15. The molecule has 0 saturated carbocycles. The normalized spacial score (nSPS) is 16.8. The average molecular weight is 521 g/mol. The zero-order valence-electron chi connectivity index (χ0n) is 22.4. The maximum absolute atomic E-state index is 13.4. The van der Waals surface area contributed by atoms with Gasteiger partial charge in [-0.3, -0.25) is 9.59 Å². The van der Waals surface area contributed by atoms with Crippen LogP contribution in [0.15, 0.2) is 54.2 Å². The molecule has 2 aromatic carbocycles. The van der Waals surface area contributed by atoms with Gasteiger partial charge in [0.05, 0.1) is 56.1 Å².